The zero-order chi connectivity index (χ0) is 9.97. The van der Waals surface area contributed by atoms with Gasteiger partial charge in [-0.05, 0) is 19.1 Å². The zero-order valence-electron chi connectivity index (χ0n) is 8.01. The van der Waals surface area contributed by atoms with E-state index in [0.717, 1.165) is 11.5 Å². The van der Waals surface area contributed by atoms with Gasteiger partial charge >= 0.3 is 0 Å². The maximum Gasteiger partial charge on any atom is 0.138 e. The van der Waals surface area contributed by atoms with Crippen LogP contribution in [0.25, 0.3) is 5.65 Å². The number of fused-ring (bicyclic) bond motifs is 1. The number of rotatable bonds is 3. The average molecular weight is 191 g/mol. The topological polar surface area (TPSA) is 49.6 Å². The standard InChI is InChI=1S/C10H13N3O/c1-8(7-14)12-10-4-2-3-9-11-5-6-13(9)10/h2-6,8,12,14H,7H2,1H3. The van der Waals surface area contributed by atoms with Crippen LogP contribution in [0.5, 0.6) is 0 Å². The molecule has 0 spiro atoms. The molecule has 2 N–H and O–H groups in total. The number of hydrogen-bond donors (Lipinski definition) is 2. The number of nitrogens with one attached hydrogen (secondary N) is 1. The van der Waals surface area contributed by atoms with E-state index < -0.39 is 0 Å². The molecule has 0 aliphatic rings. The van der Waals surface area contributed by atoms with E-state index >= 15 is 0 Å². The fraction of sp³-hybridized carbons (Fsp3) is 0.300. The lowest BCUT2D eigenvalue weighted by molar-refractivity contribution is 0.281. The van der Waals surface area contributed by atoms with Crippen LogP contribution in [-0.4, -0.2) is 27.1 Å². The summed E-state index contributed by atoms with van der Waals surface area (Å²) in [4.78, 5) is 4.17. The molecule has 0 aliphatic carbocycles. The van der Waals surface area contributed by atoms with E-state index in [1.54, 1.807) is 6.20 Å². The number of aliphatic hydroxyl groups is 1. The smallest absolute Gasteiger partial charge is 0.138 e. The number of aliphatic hydroxyl groups excluding tert-OH is 1. The molecule has 2 rings (SSSR count). The molecule has 0 radical (unpaired) electrons. The van der Waals surface area contributed by atoms with Crippen LogP contribution in [0.4, 0.5) is 5.82 Å². The Balaban J connectivity index is 2.36. The van der Waals surface area contributed by atoms with E-state index in [4.69, 9.17) is 5.11 Å². The quantitative estimate of drug-likeness (QED) is 0.764. The van der Waals surface area contributed by atoms with Gasteiger partial charge in [-0.15, -0.1) is 0 Å². The van der Waals surface area contributed by atoms with E-state index in [9.17, 15) is 0 Å². The first-order chi connectivity index (χ1) is 6.81. The summed E-state index contributed by atoms with van der Waals surface area (Å²) in [5.41, 5.74) is 0.903. The highest BCUT2D eigenvalue weighted by atomic mass is 16.3. The van der Waals surface area contributed by atoms with Crippen molar-refractivity contribution in [2.75, 3.05) is 11.9 Å². The van der Waals surface area contributed by atoms with Gasteiger partial charge in [0.25, 0.3) is 0 Å². The van der Waals surface area contributed by atoms with Crippen LogP contribution in [0.1, 0.15) is 6.92 Å². The number of aromatic nitrogens is 2. The summed E-state index contributed by atoms with van der Waals surface area (Å²) in [6, 6.07) is 5.88. The molecule has 1 unspecified atom stereocenters. The predicted molar refractivity (Wildman–Crippen MR) is 55.4 cm³/mol. The fourth-order valence-corrected chi connectivity index (χ4v) is 1.36. The van der Waals surface area contributed by atoms with Crippen molar-refractivity contribution in [2.45, 2.75) is 13.0 Å². The fourth-order valence-electron chi connectivity index (χ4n) is 1.36. The highest BCUT2D eigenvalue weighted by Crippen LogP contribution is 2.11. The van der Waals surface area contributed by atoms with Crippen LogP contribution >= 0.6 is 0 Å². The number of anilines is 1. The molecule has 0 saturated heterocycles. The highest BCUT2D eigenvalue weighted by Gasteiger charge is 2.03. The monoisotopic (exact) mass is 191 g/mol. The van der Waals surface area contributed by atoms with Gasteiger partial charge < -0.3 is 10.4 Å². The van der Waals surface area contributed by atoms with Gasteiger partial charge in [0, 0.05) is 18.4 Å². The molecule has 0 amide bonds. The van der Waals surface area contributed by atoms with Gasteiger partial charge in [0.15, 0.2) is 0 Å². The SMILES string of the molecule is CC(CO)Nc1cccc2nccn12. The van der Waals surface area contributed by atoms with Crippen molar-refractivity contribution in [3.8, 4) is 0 Å². The van der Waals surface area contributed by atoms with Crippen molar-refractivity contribution in [1.29, 1.82) is 0 Å². The summed E-state index contributed by atoms with van der Waals surface area (Å²) in [5, 5.41) is 12.1. The molecule has 0 aromatic carbocycles. The third-order valence-corrected chi connectivity index (χ3v) is 2.10. The van der Waals surface area contributed by atoms with E-state index in [0.29, 0.717) is 0 Å². The Morgan fingerprint density at radius 2 is 2.43 bits per heavy atom. The molecule has 1 atom stereocenters. The molecule has 4 heteroatoms. The second-order valence-corrected chi connectivity index (χ2v) is 3.29. The molecule has 2 heterocycles. The summed E-state index contributed by atoms with van der Waals surface area (Å²) in [6.45, 7) is 2.04. The number of hydrogen-bond acceptors (Lipinski definition) is 3. The summed E-state index contributed by atoms with van der Waals surface area (Å²) in [5.74, 6) is 0.946. The minimum atomic E-state index is 0.0444. The molecule has 74 valence electrons. The lowest BCUT2D eigenvalue weighted by atomic mass is 10.3. The summed E-state index contributed by atoms with van der Waals surface area (Å²) in [7, 11) is 0. The molecular formula is C10H13N3O. The van der Waals surface area contributed by atoms with Crippen molar-refractivity contribution in [3.05, 3.63) is 30.6 Å². The van der Waals surface area contributed by atoms with Crippen molar-refractivity contribution in [2.24, 2.45) is 0 Å². The van der Waals surface area contributed by atoms with Gasteiger partial charge in [-0.3, -0.25) is 4.40 Å². The minimum Gasteiger partial charge on any atom is -0.394 e. The summed E-state index contributed by atoms with van der Waals surface area (Å²) >= 11 is 0. The number of pyridine rings is 1. The molecule has 2 aromatic rings. The van der Waals surface area contributed by atoms with Gasteiger partial charge in [-0.25, -0.2) is 4.98 Å². The number of nitrogens with zero attached hydrogens (tertiary/aromatic N) is 2. The normalized spacial score (nSPS) is 13.0. The third-order valence-electron chi connectivity index (χ3n) is 2.10. The Bertz CT molecular complexity index is 424. The van der Waals surface area contributed by atoms with E-state index in [-0.39, 0.29) is 12.6 Å². The van der Waals surface area contributed by atoms with Crippen molar-refractivity contribution < 1.29 is 5.11 Å². The first-order valence-electron chi connectivity index (χ1n) is 4.61. The van der Waals surface area contributed by atoms with E-state index in [2.05, 4.69) is 10.3 Å². The second-order valence-electron chi connectivity index (χ2n) is 3.29. The minimum absolute atomic E-state index is 0.0444. The summed E-state index contributed by atoms with van der Waals surface area (Å²) in [6.07, 6.45) is 3.64. The van der Waals surface area contributed by atoms with Crippen LogP contribution in [0, 0.1) is 0 Å². The maximum absolute atomic E-state index is 8.93. The Morgan fingerprint density at radius 3 is 3.21 bits per heavy atom. The lowest BCUT2D eigenvalue weighted by Crippen LogP contribution is -2.20. The van der Waals surface area contributed by atoms with Gasteiger partial charge in [0.05, 0.1) is 6.61 Å². The Kier molecular flexibility index (Phi) is 2.37. The molecule has 4 nitrogen and oxygen atoms in total. The van der Waals surface area contributed by atoms with Gasteiger partial charge in [-0.1, -0.05) is 6.07 Å². The van der Waals surface area contributed by atoms with E-state index in [1.165, 1.54) is 0 Å². The van der Waals surface area contributed by atoms with Crippen LogP contribution in [-0.2, 0) is 0 Å². The largest absolute Gasteiger partial charge is 0.394 e. The lowest BCUT2D eigenvalue weighted by Gasteiger charge is -2.13. The molecule has 0 fully saturated rings. The average Bonchev–Trinajstić information content (AvgIpc) is 2.66. The molecule has 14 heavy (non-hydrogen) atoms. The van der Waals surface area contributed by atoms with Crippen molar-refractivity contribution >= 4 is 11.5 Å². The van der Waals surface area contributed by atoms with Gasteiger partial charge in [0.1, 0.15) is 11.5 Å². The van der Waals surface area contributed by atoms with Gasteiger partial charge in [0.2, 0.25) is 0 Å². The van der Waals surface area contributed by atoms with Crippen molar-refractivity contribution in [3.63, 3.8) is 0 Å². The maximum atomic E-state index is 8.93. The highest BCUT2D eigenvalue weighted by molar-refractivity contribution is 5.50. The van der Waals surface area contributed by atoms with Crippen LogP contribution in [0.3, 0.4) is 0 Å². The predicted octanol–water partition coefficient (Wildman–Crippen LogP) is 1.13. The molecule has 0 bridgehead atoms. The first kappa shape index (κ1) is 9.02. The molecule has 0 aliphatic heterocycles. The van der Waals surface area contributed by atoms with Crippen LogP contribution in [0.2, 0.25) is 0 Å². The third kappa shape index (κ3) is 1.56. The van der Waals surface area contributed by atoms with Crippen molar-refractivity contribution in [1.82, 2.24) is 9.38 Å². The first-order valence-corrected chi connectivity index (χ1v) is 4.61. The van der Waals surface area contributed by atoms with Crippen LogP contribution in [0.15, 0.2) is 30.6 Å². The second kappa shape index (κ2) is 3.67. The molecule has 2 aromatic heterocycles. The molecule has 0 saturated carbocycles. The molecular weight excluding hydrogens is 178 g/mol. The number of imidazole rings is 1. The Labute approximate surface area is 82.2 Å². The Morgan fingerprint density at radius 1 is 1.57 bits per heavy atom. The summed E-state index contributed by atoms with van der Waals surface area (Å²) < 4.78 is 1.95. The Hall–Kier alpha value is -1.55. The van der Waals surface area contributed by atoms with Gasteiger partial charge in [-0.2, -0.15) is 0 Å². The zero-order valence-corrected chi connectivity index (χ0v) is 8.01. The van der Waals surface area contributed by atoms with E-state index in [1.807, 2.05) is 35.7 Å². The van der Waals surface area contributed by atoms with Crippen LogP contribution < -0.4 is 5.32 Å².